The standard InChI is InChI=1S/C17H20N4O/c1-12-8-19-17(20-9-12)21-10-13-5-6-15(21)16(13)22-11-14-4-2-3-7-18-14/h2-4,7-9,13,15-16H,5-6,10-11H2,1H3. The largest absolute Gasteiger partial charge is 0.369 e. The molecule has 22 heavy (non-hydrogen) atoms. The zero-order chi connectivity index (χ0) is 14.9. The van der Waals surface area contributed by atoms with Crippen LogP contribution in [0.1, 0.15) is 24.1 Å². The highest BCUT2D eigenvalue weighted by Gasteiger charge is 2.48. The second kappa shape index (κ2) is 5.65. The minimum absolute atomic E-state index is 0.270. The van der Waals surface area contributed by atoms with E-state index >= 15 is 0 Å². The molecule has 5 nitrogen and oxygen atoms in total. The molecule has 0 N–H and O–H groups in total. The molecule has 5 heteroatoms. The topological polar surface area (TPSA) is 51.1 Å². The minimum Gasteiger partial charge on any atom is -0.369 e. The molecule has 4 rings (SSSR count). The third kappa shape index (κ3) is 2.46. The van der Waals surface area contributed by atoms with E-state index in [1.54, 1.807) is 0 Å². The Labute approximate surface area is 130 Å². The Kier molecular flexibility index (Phi) is 3.50. The molecule has 0 aromatic carbocycles. The molecule has 2 bridgehead atoms. The molecular weight excluding hydrogens is 276 g/mol. The highest BCUT2D eigenvalue weighted by atomic mass is 16.5. The predicted octanol–water partition coefficient (Wildman–Crippen LogP) is 2.36. The quantitative estimate of drug-likeness (QED) is 0.867. The van der Waals surface area contributed by atoms with Crippen LogP contribution >= 0.6 is 0 Å². The SMILES string of the molecule is Cc1cnc(N2CC3CCC2C3OCc2ccccn2)nc1. The monoisotopic (exact) mass is 296 g/mol. The lowest BCUT2D eigenvalue weighted by Gasteiger charge is -2.27. The molecule has 3 atom stereocenters. The van der Waals surface area contributed by atoms with Crippen molar-refractivity contribution in [3.63, 3.8) is 0 Å². The molecule has 1 aliphatic carbocycles. The molecule has 0 spiro atoms. The number of ether oxygens (including phenoxy) is 1. The molecule has 114 valence electrons. The van der Waals surface area contributed by atoms with Gasteiger partial charge in [0.05, 0.1) is 24.4 Å². The number of hydrogen-bond donors (Lipinski definition) is 0. The molecule has 0 radical (unpaired) electrons. The van der Waals surface area contributed by atoms with E-state index in [1.807, 2.05) is 43.7 Å². The van der Waals surface area contributed by atoms with Gasteiger partial charge in [-0.05, 0) is 37.5 Å². The lowest BCUT2D eigenvalue weighted by molar-refractivity contribution is 0.0251. The van der Waals surface area contributed by atoms with Crippen molar-refractivity contribution in [3.05, 3.63) is 48.0 Å². The Bertz CT molecular complexity index is 631. The van der Waals surface area contributed by atoms with Gasteiger partial charge in [0, 0.05) is 31.1 Å². The Morgan fingerprint density at radius 3 is 2.82 bits per heavy atom. The predicted molar refractivity (Wildman–Crippen MR) is 83.4 cm³/mol. The average Bonchev–Trinajstić information content (AvgIpc) is 3.11. The molecule has 2 aromatic heterocycles. The van der Waals surface area contributed by atoms with Crippen LogP contribution in [0.4, 0.5) is 5.95 Å². The Morgan fingerprint density at radius 2 is 2.05 bits per heavy atom. The number of hydrogen-bond acceptors (Lipinski definition) is 5. The van der Waals surface area contributed by atoms with Gasteiger partial charge >= 0.3 is 0 Å². The van der Waals surface area contributed by atoms with Gasteiger partial charge in [0.2, 0.25) is 5.95 Å². The molecule has 2 aromatic rings. The van der Waals surface area contributed by atoms with E-state index in [0.717, 1.165) is 30.2 Å². The summed E-state index contributed by atoms with van der Waals surface area (Å²) in [6.45, 7) is 3.60. The molecular formula is C17H20N4O. The van der Waals surface area contributed by atoms with Gasteiger partial charge in [-0.25, -0.2) is 9.97 Å². The normalized spacial score (nSPS) is 26.6. The van der Waals surface area contributed by atoms with Gasteiger partial charge in [0.15, 0.2) is 0 Å². The zero-order valence-electron chi connectivity index (χ0n) is 12.7. The third-order valence-corrected chi connectivity index (χ3v) is 4.68. The number of nitrogens with zero attached hydrogens (tertiary/aromatic N) is 4. The van der Waals surface area contributed by atoms with Crippen LogP contribution in [0.15, 0.2) is 36.8 Å². The van der Waals surface area contributed by atoms with Gasteiger partial charge in [0.25, 0.3) is 0 Å². The minimum atomic E-state index is 0.270. The first-order chi connectivity index (χ1) is 10.8. The molecule has 0 amide bonds. The maximum atomic E-state index is 6.19. The number of piperidine rings is 1. The second-order valence-electron chi connectivity index (χ2n) is 6.21. The first kappa shape index (κ1) is 13.6. The maximum absolute atomic E-state index is 6.19. The zero-order valence-corrected chi connectivity index (χ0v) is 12.7. The fourth-order valence-electron chi connectivity index (χ4n) is 3.62. The van der Waals surface area contributed by atoms with Crippen molar-refractivity contribution >= 4 is 5.95 Å². The summed E-state index contributed by atoms with van der Waals surface area (Å²) in [5, 5.41) is 0. The van der Waals surface area contributed by atoms with E-state index in [1.165, 1.54) is 6.42 Å². The average molecular weight is 296 g/mol. The third-order valence-electron chi connectivity index (χ3n) is 4.68. The van der Waals surface area contributed by atoms with Crippen LogP contribution in [0.2, 0.25) is 0 Å². The highest BCUT2D eigenvalue weighted by Crippen LogP contribution is 2.41. The Hall–Kier alpha value is -2.01. The Morgan fingerprint density at radius 1 is 1.18 bits per heavy atom. The van der Waals surface area contributed by atoms with Gasteiger partial charge in [-0.2, -0.15) is 0 Å². The lowest BCUT2D eigenvalue weighted by atomic mass is 10.1. The molecule has 2 aliphatic rings. The fourth-order valence-corrected chi connectivity index (χ4v) is 3.62. The number of aryl methyl sites for hydroxylation is 1. The summed E-state index contributed by atoms with van der Waals surface area (Å²) in [5.41, 5.74) is 2.09. The molecule has 2 fully saturated rings. The van der Waals surface area contributed by atoms with E-state index in [0.29, 0.717) is 18.6 Å². The number of rotatable bonds is 4. The van der Waals surface area contributed by atoms with E-state index < -0.39 is 0 Å². The second-order valence-corrected chi connectivity index (χ2v) is 6.21. The van der Waals surface area contributed by atoms with Crippen LogP contribution in [-0.4, -0.2) is 33.6 Å². The molecule has 1 saturated heterocycles. The lowest BCUT2D eigenvalue weighted by Crippen LogP contribution is -2.36. The van der Waals surface area contributed by atoms with Crippen molar-refractivity contribution in [2.45, 2.75) is 38.5 Å². The molecule has 1 saturated carbocycles. The fraction of sp³-hybridized carbons (Fsp3) is 0.471. The van der Waals surface area contributed by atoms with Crippen LogP contribution in [0.25, 0.3) is 0 Å². The van der Waals surface area contributed by atoms with Gasteiger partial charge in [-0.3, -0.25) is 4.98 Å². The van der Waals surface area contributed by atoms with Gasteiger partial charge in [-0.15, -0.1) is 0 Å². The number of anilines is 1. The van der Waals surface area contributed by atoms with E-state index in [9.17, 15) is 0 Å². The van der Waals surface area contributed by atoms with Crippen LogP contribution in [0.3, 0.4) is 0 Å². The number of pyridine rings is 1. The summed E-state index contributed by atoms with van der Waals surface area (Å²) < 4.78 is 6.19. The van der Waals surface area contributed by atoms with Gasteiger partial charge < -0.3 is 9.64 Å². The summed E-state index contributed by atoms with van der Waals surface area (Å²) in [6, 6.07) is 6.34. The molecule has 3 unspecified atom stereocenters. The summed E-state index contributed by atoms with van der Waals surface area (Å²) in [5.74, 6) is 1.42. The van der Waals surface area contributed by atoms with Crippen LogP contribution < -0.4 is 4.90 Å². The van der Waals surface area contributed by atoms with Crippen molar-refractivity contribution in [2.24, 2.45) is 5.92 Å². The summed E-state index contributed by atoms with van der Waals surface area (Å²) >= 11 is 0. The van der Waals surface area contributed by atoms with Crippen molar-refractivity contribution in [2.75, 3.05) is 11.4 Å². The molecule has 3 heterocycles. The number of fused-ring (bicyclic) bond motifs is 2. The van der Waals surface area contributed by atoms with E-state index in [2.05, 4.69) is 19.9 Å². The van der Waals surface area contributed by atoms with Crippen LogP contribution in [-0.2, 0) is 11.3 Å². The maximum Gasteiger partial charge on any atom is 0.225 e. The first-order valence-corrected chi connectivity index (χ1v) is 7.88. The van der Waals surface area contributed by atoms with Crippen molar-refractivity contribution in [1.29, 1.82) is 0 Å². The summed E-state index contributed by atoms with van der Waals surface area (Å²) in [7, 11) is 0. The van der Waals surface area contributed by atoms with Crippen molar-refractivity contribution in [3.8, 4) is 0 Å². The van der Waals surface area contributed by atoms with Crippen molar-refractivity contribution in [1.82, 2.24) is 15.0 Å². The molecule has 1 aliphatic heterocycles. The van der Waals surface area contributed by atoms with Crippen LogP contribution in [0, 0.1) is 12.8 Å². The summed E-state index contributed by atoms with van der Waals surface area (Å²) in [4.78, 5) is 15.6. The van der Waals surface area contributed by atoms with Gasteiger partial charge in [0.1, 0.15) is 0 Å². The van der Waals surface area contributed by atoms with E-state index in [-0.39, 0.29) is 6.10 Å². The highest BCUT2D eigenvalue weighted by molar-refractivity contribution is 5.37. The summed E-state index contributed by atoms with van der Waals surface area (Å²) in [6.07, 6.45) is 8.26. The van der Waals surface area contributed by atoms with Crippen LogP contribution in [0.5, 0.6) is 0 Å². The first-order valence-electron chi connectivity index (χ1n) is 7.88. The smallest absolute Gasteiger partial charge is 0.225 e. The van der Waals surface area contributed by atoms with Crippen molar-refractivity contribution < 1.29 is 4.74 Å². The van der Waals surface area contributed by atoms with Gasteiger partial charge in [-0.1, -0.05) is 6.07 Å². The number of aromatic nitrogens is 3. The Balaban J connectivity index is 1.45. The van der Waals surface area contributed by atoms with E-state index in [4.69, 9.17) is 4.74 Å².